The van der Waals surface area contributed by atoms with Crippen molar-refractivity contribution in [2.24, 2.45) is 0 Å². The molecule has 2 aromatic rings. The number of benzene rings is 2. The molecule has 0 aliphatic carbocycles. The first-order valence-corrected chi connectivity index (χ1v) is 9.79. The number of halogens is 3. The summed E-state index contributed by atoms with van der Waals surface area (Å²) in [6.45, 7) is -0.774. The number of aliphatic carboxylic acids is 1. The second-order valence-electron chi connectivity index (χ2n) is 6.49. The average molecular weight is 478 g/mol. The largest absolute Gasteiger partial charge is 0.493 e. The number of alkyl halides is 3. The van der Waals surface area contributed by atoms with Gasteiger partial charge in [0.1, 0.15) is 12.3 Å². The summed E-state index contributed by atoms with van der Waals surface area (Å²) in [5.41, 5.74) is -0.968. The average Bonchev–Trinajstić information content (AvgIpc) is 3.01. The van der Waals surface area contributed by atoms with Gasteiger partial charge in [-0.25, -0.2) is 0 Å². The lowest BCUT2D eigenvalue weighted by Gasteiger charge is -2.16. The van der Waals surface area contributed by atoms with Crippen LogP contribution in [0.2, 0.25) is 0 Å². The van der Waals surface area contributed by atoms with Crippen LogP contribution in [-0.4, -0.2) is 40.8 Å². The Labute approximate surface area is 188 Å². The van der Waals surface area contributed by atoms with E-state index in [9.17, 15) is 27.6 Å². The lowest BCUT2D eigenvalue weighted by molar-refractivity contribution is -0.140. The van der Waals surface area contributed by atoms with E-state index >= 15 is 0 Å². The van der Waals surface area contributed by atoms with E-state index in [-0.39, 0.29) is 22.0 Å². The van der Waals surface area contributed by atoms with Crippen LogP contribution < -0.4 is 9.47 Å². The summed E-state index contributed by atoms with van der Waals surface area (Å²) in [4.78, 5) is 35.5. The van der Waals surface area contributed by atoms with Crippen molar-refractivity contribution in [3.63, 3.8) is 0 Å². The summed E-state index contributed by atoms with van der Waals surface area (Å²) in [6.07, 6.45) is -3.45. The molecule has 33 heavy (non-hydrogen) atoms. The molecule has 1 saturated heterocycles. The van der Waals surface area contributed by atoms with Crippen molar-refractivity contribution in [2.75, 3.05) is 13.7 Å². The van der Waals surface area contributed by atoms with Crippen LogP contribution in [0.25, 0.3) is 6.08 Å². The Morgan fingerprint density at radius 1 is 1.18 bits per heavy atom. The molecule has 0 unspecified atom stereocenters. The SMILES string of the molecule is COc1cc(/C=C2\SC(=O)N(CC(=O)O)C2=O)ccc1Oc1ccc(C#N)cc1C(F)(F)F. The van der Waals surface area contributed by atoms with E-state index in [1.165, 1.54) is 37.5 Å². The van der Waals surface area contributed by atoms with Gasteiger partial charge in [-0.2, -0.15) is 18.4 Å². The molecule has 0 atom stereocenters. The molecule has 0 spiro atoms. The zero-order chi connectivity index (χ0) is 24.3. The summed E-state index contributed by atoms with van der Waals surface area (Å²) in [5, 5.41) is 16.9. The Morgan fingerprint density at radius 3 is 2.48 bits per heavy atom. The summed E-state index contributed by atoms with van der Waals surface area (Å²) in [6, 6.07) is 8.61. The number of carboxylic acids is 1. The number of imide groups is 1. The lowest BCUT2D eigenvalue weighted by Crippen LogP contribution is -2.33. The first kappa shape index (κ1) is 23.7. The van der Waals surface area contributed by atoms with Gasteiger partial charge in [-0.05, 0) is 53.7 Å². The fourth-order valence-corrected chi connectivity index (χ4v) is 3.65. The minimum atomic E-state index is -4.77. The second kappa shape index (κ2) is 9.25. The molecule has 1 N–H and O–H groups in total. The Morgan fingerprint density at radius 2 is 1.88 bits per heavy atom. The van der Waals surface area contributed by atoms with Gasteiger partial charge in [-0.1, -0.05) is 6.07 Å². The van der Waals surface area contributed by atoms with Crippen molar-refractivity contribution < 1.29 is 42.1 Å². The van der Waals surface area contributed by atoms with Gasteiger partial charge < -0.3 is 14.6 Å². The third kappa shape index (κ3) is 5.27. The zero-order valence-electron chi connectivity index (χ0n) is 16.7. The molecular weight excluding hydrogens is 465 g/mol. The van der Waals surface area contributed by atoms with Crippen LogP contribution in [0.4, 0.5) is 18.0 Å². The first-order chi connectivity index (χ1) is 15.5. The minimum Gasteiger partial charge on any atom is -0.493 e. The third-order valence-electron chi connectivity index (χ3n) is 4.29. The molecule has 1 aliphatic rings. The van der Waals surface area contributed by atoms with Crippen molar-refractivity contribution in [1.29, 1.82) is 5.26 Å². The summed E-state index contributed by atoms with van der Waals surface area (Å²) >= 11 is 0.559. The van der Waals surface area contributed by atoms with Crippen molar-refractivity contribution in [3.8, 4) is 23.3 Å². The Balaban J connectivity index is 1.91. The molecule has 0 saturated carbocycles. The number of amides is 2. The maximum Gasteiger partial charge on any atom is 0.420 e. The maximum atomic E-state index is 13.4. The van der Waals surface area contributed by atoms with Crippen molar-refractivity contribution in [2.45, 2.75) is 6.18 Å². The van der Waals surface area contributed by atoms with Gasteiger partial charge in [0.2, 0.25) is 0 Å². The molecule has 1 heterocycles. The van der Waals surface area contributed by atoms with Gasteiger partial charge >= 0.3 is 12.1 Å². The van der Waals surface area contributed by atoms with E-state index < -0.39 is 41.1 Å². The zero-order valence-corrected chi connectivity index (χ0v) is 17.5. The molecule has 8 nitrogen and oxygen atoms in total. The number of thioether (sulfide) groups is 1. The highest BCUT2D eigenvalue weighted by Gasteiger charge is 2.37. The van der Waals surface area contributed by atoms with Crippen molar-refractivity contribution in [1.82, 2.24) is 4.90 Å². The van der Waals surface area contributed by atoms with Crippen LogP contribution in [0.3, 0.4) is 0 Å². The number of hydrogen-bond acceptors (Lipinski definition) is 7. The van der Waals surface area contributed by atoms with Crippen LogP contribution in [-0.2, 0) is 15.8 Å². The van der Waals surface area contributed by atoms with Gasteiger partial charge in [-0.3, -0.25) is 19.3 Å². The normalized spacial score (nSPS) is 15.0. The molecule has 12 heteroatoms. The lowest BCUT2D eigenvalue weighted by atomic mass is 10.1. The topological polar surface area (TPSA) is 117 Å². The van der Waals surface area contributed by atoms with Crippen molar-refractivity contribution >= 4 is 35.0 Å². The highest BCUT2D eigenvalue weighted by atomic mass is 32.2. The van der Waals surface area contributed by atoms with Gasteiger partial charge in [0, 0.05) is 0 Å². The predicted molar refractivity (Wildman–Crippen MR) is 110 cm³/mol. The molecule has 170 valence electrons. The van der Waals surface area contributed by atoms with Crippen LogP contribution in [0.1, 0.15) is 16.7 Å². The molecule has 1 aliphatic heterocycles. The molecule has 0 aromatic heterocycles. The van der Waals surface area contributed by atoms with Crippen molar-refractivity contribution in [3.05, 3.63) is 58.0 Å². The number of carbonyl (C=O) groups is 3. The van der Waals surface area contributed by atoms with E-state index in [1.54, 1.807) is 6.07 Å². The second-order valence-corrected chi connectivity index (χ2v) is 7.49. The Bertz CT molecular complexity index is 1220. The van der Waals surface area contributed by atoms with Gasteiger partial charge in [0.25, 0.3) is 11.1 Å². The minimum absolute atomic E-state index is 0.0246. The summed E-state index contributed by atoms with van der Waals surface area (Å²) in [5.74, 6) is -2.70. The first-order valence-electron chi connectivity index (χ1n) is 8.98. The monoisotopic (exact) mass is 478 g/mol. The van der Waals surface area contributed by atoms with E-state index in [4.69, 9.17) is 19.8 Å². The number of rotatable bonds is 6. The van der Waals surface area contributed by atoms with Gasteiger partial charge in [0.15, 0.2) is 11.5 Å². The highest BCUT2D eigenvalue weighted by molar-refractivity contribution is 8.18. The van der Waals surface area contributed by atoms with Crippen LogP contribution in [0.15, 0.2) is 41.3 Å². The van der Waals surface area contributed by atoms with E-state index in [1.807, 2.05) is 0 Å². The van der Waals surface area contributed by atoms with Crippen LogP contribution >= 0.6 is 11.8 Å². The Kier molecular flexibility index (Phi) is 6.64. The molecular formula is C21H13F3N2O6S. The van der Waals surface area contributed by atoms with E-state index in [2.05, 4.69) is 0 Å². The summed E-state index contributed by atoms with van der Waals surface area (Å²) < 4.78 is 50.8. The van der Waals surface area contributed by atoms with E-state index in [0.29, 0.717) is 28.3 Å². The maximum absolute atomic E-state index is 13.4. The van der Waals surface area contributed by atoms with Crippen LogP contribution in [0.5, 0.6) is 17.2 Å². The predicted octanol–water partition coefficient (Wildman–Crippen LogP) is 4.50. The quantitative estimate of drug-likeness (QED) is 0.604. The third-order valence-corrected chi connectivity index (χ3v) is 5.19. The molecule has 0 radical (unpaired) electrons. The molecule has 2 aromatic carbocycles. The van der Waals surface area contributed by atoms with E-state index in [0.717, 1.165) is 6.07 Å². The molecule has 2 amide bonds. The summed E-state index contributed by atoms with van der Waals surface area (Å²) in [7, 11) is 1.26. The number of hydrogen-bond donors (Lipinski definition) is 1. The Hall–Kier alpha value is -3.98. The number of nitrogens with zero attached hydrogens (tertiary/aromatic N) is 2. The number of carboxylic acid groups (broad SMARTS) is 1. The fraction of sp³-hybridized carbons (Fsp3) is 0.143. The van der Waals surface area contributed by atoms with Crippen LogP contribution in [0, 0.1) is 11.3 Å². The molecule has 1 fully saturated rings. The smallest absolute Gasteiger partial charge is 0.420 e. The standard InChI is InChI=1S/C21H13F3N2O6S/c1-31-16-7-11(8-17-19(29)26(10-18(27)28)20(30)33-17)2-5-15(16)32-14-4-3-12(9-25)6-13(14)21(22,23)24/h2-8H,10H2,1H3,(H,27,28)/b17-8-. The fourth-order valence-electron chi connectivity index (χ4n) is 2.81. The number of ether oxygens (including phenoxy) is 2. The molecule has 0 bridgehead atoms. The number of methoxy groups -OCH3 is 1. The highest BCUT2D eigenvalue weighted by Crippen LogP contribution is 2.41. The number of nitriles is 1. The number of carbonyl (C=O) groups excluding carboxylic acids is 2. The van der Waals surface area contributed by atoms with Gasteiger partial charge in [-0.15, -0.1) is 0 Å². The molecule has 3 rings (SSSR count). The van der Waals surface area contributed by atoms with Gasteiger partial charge in [0.05, 0.1) is 29.2 Å².